The Morgan fingerprint density at radius 2 is 1.95 bits per heavy atom. The van der Waals surface area contributed by atoms with Crippen molar-refractivity contribution in [2.24, 2.45) is 11.8 Å². The molecular weight excluding hydrogens is 276 g/mol. The first kappa shape index (κ1) is 15.5. The molecule has 2 aliphatic rings. The van der Waals surface area contributed by atoms with Gasteiger partial charge in [0.05, 0.1) is 13.0 Å². The zero-order chi connectivity index (χ0) is 15.4. The highest BCUT2D eigenvalue weighted by atomic mass is 16.5. The molecule has 2 saturated heterocycles. The van der Waals surface area contributed by atoms with Crippen LogP contribution in [-0.4, -0.2) is 50.7 Å². The number of hydrogen-bond acceptors (Lipinski definition) is 4. The van der Waals surface area contributed by atoms with Gasteiger partial charge < -0.3 is 15.0 Å². The van der Waals surface area contributed by atoms with Crippen molar-refractivity contribution in [1.29, 1.82) is 0 Å². The Labute approximate surface area is 132 Å². The van der Waals surface area contributed by atoms with Gasteiger partial charge in [0.1, 0.15) is 0 Å². The summed E-state index contributed by atoms with van der Waals surface area (Å²) < 4.78 is 5.05. The van der Waals surface area contributed by atoms with Gasteiger partial charge in [-0.15, -0.1) is 0 Å². The summed E-state index contributed by atoms with van der Waals surface area (Å²) in [6.07, 6.45) is 2.49. The number of nitrogens with zero attached hydrogens (tertiary/aromatic N) is 1. The molecule has 2 atom stereocenters. The largest absolute Gasteiger partial charge is 0.469 e. The van der Waals surface area contributed by atoms with Gasteiger partial charge in [-0.2, -0.15) is 0 Å². The third-order valence-electron chi connectivity index (χ3n) is 5.10. The molecule has 22 heavy (non-hydrogen) atoms. The van der Waals surface area contributed by atoms with Crippen LogP contribution >= 0.6 is 0 Å². The van der Waals surface area contributed by atoms with Gasteiger partial charge in [-0.25, -0.2) is 0 Å². The lowest BCUT2D eigenvalue weighted by Crippen LogP contribution is -2.35. The van der Waals surface area contributed by atoms with E-state index < -0.39 is 0 Å². The lowest BCUT2D eigenvalue weighted by Gasteiger charge is -2.27. The summed E-state index contributed by atoms with van der Waals surface area (Å²) in [6, 6.07) is 10.4. The number of methoxy groups -OCH3 is 1. The van der Waals surface area contributed by atoms with Gasteiger partial charge in [0.2, 0.25) is 0 Å². The van der Waals surface area contributed by atoms with E-state index in [1.165, 1.54) is 25.5 Å². The Morgan fingerprint density at radius 1 is 1.23 bits per heavy atom. The van der Waals surface area contributed by atoms with Crippen LogP contribution in [0.3, 0.4) is 0 Å². The summed E-state index contributed by atoms with van der Waals surface area (Å²) in [7, 11) is 1.50. The van der Waals surface area contributed by atoms with Crippen LogP contribution in [-0.2, 0) is 9.53 Å². The second-order valence-electron chi connectivity index (χ2n) is 6.56. The molecule has 1 aromatic rings. The molecule has 0 unspecified atom stereocenters. The maximum Gasteiger partial charge on any atom is 0.310 e. The summed E-state index contributed by atoms with van der Waals surface area (Å²) in [6.45, 7) is 5.16. The van der Waals surface area contributed by atoms with E-state index in [4.69, 9.17) is 4.74 Å². The maximum absolute atomic E-state index is 12.2. The average Bonchev–Trinajstić information content (AvgIpc) is 3.00. The second kappa shape index (κ2) is 7.25. The van der Waals surface area contributed by atoms with Crippen LogP contribution in [0.25, 0.3) is 0 Å². The van der Waals surface area contributed by atoms with Crippen LogP contribution in [0.5, 0.6) is 0 Å². The maximum atomic E-state index is 12.2. The summed E-state index contributed by atoms with van der Waals surface area (Å²) in [5.74, 6) is 0.917. The predicted molar refractivity (Wildman–Crippen MR) is 86.7 cm³/mol. The normalized spacial score (nSPS) is 27.0. The van der Waals surface area contributed by atoms with Crippen LogP contribution in [0, 0.1) is 11.8 Å². The van der Waals surface area contributed by atoms with E-state index >= 15 is 0 Å². The standard InChI is InChI=1S/C18H26N2O2/c1-22-18(21)17-13-20(11-14-7-9-19-10-8-14)12-16(17)15-5-3-2-4-6-15/h2-6,14,16-17,19H,7-13H2,1H3/t16-,17+/m0/s1. The quantitative estimate of drug-likeness (QED) is 0.862. The topological polar surface area (TPSA) is 41.6 Å². The lowest BCUT2D eigenvalue weighted by atomic mass is 9.89. The number of ether oxygens (including phenoxy) is 1. The summed E-state index contributed by atoms with van der Waals surface area (Å²) in [4.78, 5) is 14.6. The molecular formula is C18H26N2O2. The van der Waals surface area contributed by atoms with Gasteiger partial charge in [0.25, 0.3) is 0 Å². The minimum absolute atomic E-state index is 0.0332. The van der Waals surface area contributed by atoms with Crippen molar-refractivity contribution in [2.45, 2.75) is 18.8 Å². The minimum Gasteiger partial charge on any atom is -0.469 e. The highest BCUT2D eigenvalue weighted by molar-refractivity contribution is 5.74. The van der Waals surface area contributed by atoms with Gasteiger partial charge >= 0.3 is 5.97 Å². The molecule has 0 aliphatic carbocycles. The van der Waals surface area contributed by atoms with Crippen molar-refractivity contribution < 1.29 is 9.53 Å². The van der Waals surface area contributed by atoms with E-state index in [1.54, 1.807) is 0 Å². The van der Waals surface area contributed by atoms with Crippen molar-refractivity contribution in [1.82, 2.24) is 10.2 Å². The summed E-state index contributed by atoms with van der Waals surface area (Å²) in [5, 5.41) is 3.42. The molecule has 4 nitrogen and oxygen atoms in total. The zero-order valence-corrected chi connectivity index (χ0v) is 13.3. The number of esters is 1. The van der Waals surface area contributed by atoms with E-state index in [1.807, 2.05) is 6.07 Å². The molecule has 0 radical (unpaired) electrons. The highest BCUT2D eigenvalue weighted by Gasteiger charge is 2.39. The van der Waals surface area contributed by atoms with Crippen molar-refractivity contribution in [2.75, 3.05) is 39.8 Å². The Bertz CT molecular complexity index is 485. The van der Waals surface area contributed by atoms with Crippen molar-refractivity contribution in [3.8, 4) is 0 Å². The first-order valence-electron chi connectivity index (χ1n) is 8.33. The van der Waals surface area contributed by atoms with Crippen LogP contribution in [0.1, 0.15) is 24.3 Å². The first-order chi connectivity index (χ1) is 10.8. The Balaban J connectivity index is 1.69. The third-order valence-corrected chi connectivity index (χ3v) is 5.10. The molecule has 0 saturated carbocycles. The van der Waals surface area contributed by atoms with Gasteiger partial charge in [0.15, 0.2) is 0 Å². The lowest BCUT2D eigenvalue weighted by molar-refractivity contribution is -0.145. The number of piperidine rings is 1. The summed E-state index contributed by atoms with van der Waals surface area (Å²) in [5.41, 5.74) is 1.26. The Hall–Kier alpha value is -1.39. The number of likely N-dealkylation sites (tertiary alicyclic amines) is 1. The van der Waals surface area contributed by atoms with E-state index in [0.717, 1.165) is 38.6 Å². The molecule has 2 fully saturated rings. The van der Waals surface area contributed by atoms with Crippen LogP contribution in [0.15, 0.2) is 30.3 Å². The molecule has 0 spiro atoms. The molecule has 0 bridgehead atoms. The second-order valence-corrected chi connectivity index (χ2v) is 6.56. The minimum atomic E-state index is -0.0679. The predicted octanol–water partition coefficient (Wildman–Crippen LogP) is 1.87. The van der Waals surface area contributed by atoms with Crippen LogP contribution < -0.4 is 5.32 Å². The molecule has 1 N–H and O–H groups in total. The van der Waals surface area contributed by atoms with Gasteiger partial charge in [-0.1, -0.05) is 30.3 Å². The fourth-order valence-corrected chi connectivity index (χ4v) is 3.89. The number of rotatable bonds is 4. The number of carbonyl (C=O) groups excluding carboxylic acids is 1. The van der Waals surface area contributed by atoms with Crippen molar-refractivity contribution in [3.63, 3.8) is 0 Å². The molecule has 3 rings (SSSR count). The highest BCUT2D eigenvalue weighted by Crippen LogP contribution is 2.34. The monoisotopic (exact) mass is 302 g/mol. The Morgan fingerprint density at radius 3 is 2.64 bits per heavy atom. The number of benzene rings is 1. The number of nitrogens with one attached hydrogen (secondary N) is 1. The molecule has 1 aromatic carbocycles. The van der Waals surface area contributed by atoms with E-state index in [-0.39, 0.29) is 17.8 Å². The van der Waals surface area contributed by atoms with Crippen molar-refractivity contribution in [3.05, 3.63) is 35.9 Å². The molecule has 2 aliphatic heterocycles. The molecule has 0 aromatic heterocycles. The SMILES string of the molecule is COC(=O)[C@@H]1CN(CC2CCNCC2)C[C@H]1c1ccccc1. The van der Waals surface area contributed by atoms with Crippen LogP contribution in [0.4, 0.5) is 0 Å². The number of hydrogen-bond donors (Lipinski definition) is 1. The molecule has 120 valence electrons. The van der Waals surface area contributed by atoms with E-state index in [2.05, 4.69) is 34.5 Å². The first-order valence-corrected chi connectivity index (χ1v) is 8.33. The fraction of sp³-hybridized carbons (Fsp3) is 0.611. The summed E-state index contributed by atoms with van der Waals surface area (Å²) >= 11 is 0. The third kappa shape index (κ3) is 3.50. The molecule has 2 heterocycles. The molecule has 0 amide bonds. The van der Waals surface area contributed by atoms with E-state index in [0.29, 0.717) is 0 Å². The molecule has 4 heteroatoms. The van der Waals surface area contributed by atoms with E-state index in [9.17, 15) is 4.79 Å². The van der Waals surface area contributed by atoms with Crippen molar-refractivity contribution >= 4 is 5.97 Å². The smallest absolute Gasteiger partial charge is 0.310 e. The van der Waals surface area contributed by atoms with Crippen LogP contribution in [0.2, 0.25) is 0 Å². The Kier molecular flexibility index (Phi) is 5.11. The zero-order valence-electron chi connectivity index (χ0n) is 13.3. The van der Waals surface area contributed by atoms with Gasteiger partial charge in [-0.05, 0) is 37.4 Å². The number of carbonyl (C=O) groups is 1. The average molecular weight is 302 g/mol. The fourth-order valence-electron chi connectivity index (χ4n) is 3.89. The van der Waals surface area contributed by atoms with Gasteiger partial charge in [0, 0.05) is 25.6 Å². The van der Waals surface area contributed by atoms with Gasteiger partial charge in [-0.3, -0.25) is 4.79 Å².